The molecule has 0 saturated carbocycles. The fourth-order valence-electron chi connectivity index (χ4n) is 2.89. The number of hydrogen-bond acceptors (Lipinski definition) is 2. The summed E-state index contributed by atoms with van der Waals surface area (Å²) in [4.78, 5) is 25.1. The molecular formula is C17H22FNO3. The standard InChI is InChI=1S/C17H22FNO3/c1-12(8-9-13-5-2-3-7-15(13)18)16(20)19-10-4-6-14(11-19)17(21)22/h2-3,5,7,12,14H,4,6,8-11H2,1H3,(H,21,22). The molecule has 0 bridgehead atoms. The Bertz CT molecular complexity index is 546. The third kappa shape index (κ3) is 4.06. The second-order valence-electron chi connectivity index (χ2n) is 5.99. The van der Waals surface area contributed by atoms with Gasteiger partial charge in [-0.25, -0.2) is 4.39 Å². The maximum atomic E-state index is 13.6. The van der Waals surface area contributed by atoms with Crippen LogP contribution >= 0.6 is 0 Å². The fourth-order valence-corrected chi connectivity index (χ4v) is 2.89. The zero-order chi connectivity index (χ0) is 16.1. The van der Waals surface area contributed by atoms with Gasteiger partial charge in [0.05, 0.1) is 5.92 Å². The smallest absolute Gasteiger partial charge is 0.308 e. The van der Waals surface area contributed by atoms with Gasteiger partial charge in [0.15, 0.2) is 0 Å². The van der Waals surface area contributed by atoms with Crippen molar-refractivity contribution in [2.45, 2.75) is 32.6 Å². The number of halogens is 1. The highest BCUT2D eigenvalue weighted by Crippen LogP contribution is 2.21. The quantitative estimate of drug-likeness (QED) is 0.910. The third-order valence-electron chi connectivity index (χ3n) is 4.31. The number of carbonyl (C=O) groups is 2. The number of carbonyl (C=O) groups excluding carboxylic acids is 1. The summed E-state index contributed by atoms with van der Waals surface area (Å²) >= 11 is 0. The normalized spacial score (nSPS) is 19.7. The Morgan fingerprint density at radius 2 is 2.14 bits per heavy atom. The molecule has 120 valence electrons. The van der Waals surface area contributed by atoms with Crippen molar-refractivity contribution in [3.05, 3.63) is 35.6 Å². The van der Waals surface area contributed by atoms with E-state index >= 15 is 0 Å². The van der Waals surface area contributed by atoms with Crippen molar-refractivity contribution < 1.29 is 19.1 Å². The van der Waals surface area contributed by atoms with Gasteiger partial charge in [-0.3, -0.25) is 9.59 Å². The first-order chi connectivity index (χ1) is 10.5. The SMILES string of the molecule is CC(CCc1ccccc1F)C(=O)N1CCCC(C(=O)O)C1. The minimum absolute atomic E-state index is 0.0257. The minimum atomic E-state index is -0.837. The highest BCUT2D eigenvalue weighted by atomic mass is 19.1. The van der Waals surface area contributed by atoms with Gasteiger partial charge in [0.1, 0.15) is 5.82 Å². The first kappa shape index (κ1) is 16.5. The van der Waals surface area contributed by atoms with E-state index in [4.69, 9.17) is 5.11 Å². The average molecular weight is 307 g/mol. The molecule has 5 heteroatoms. The number of hydrogen-bond donors (Lipinski definition) is 1. The number of benzene rings is 1. The lowest BCUT2D eigenvalue weighted by molar-refractivity contribution is -0.146. The van der Waals surface area contributed by atoms with Crippen LogP contribution in [0.25, 0.3) is 0 Å². The molecule has 4 nitrogen and oxygen atoms in total. The number of rotatable bonds is 5. The molecule has 2 rings (SSSR count). The molecule has 1 aromatic carbocycles. The van der Waals surface area contributed by atoms with Crippen LogP contribution in [0.3, 0.4) is 0 Å². The summed E-state index contributed by atoms with van der Waals surface area (Å²) in [6, 6.07) is 6.58. The van der Waals surface area contributed by atoms with E-state index in [0.29, 0.717) is 31.4 Å². The van der Waals surface area contributed by atoms with Crippen LogP contribution in [0.4, 0.5) is 4.39 Å². The zero-order valence-corrected chi connectivity index (χ0v) is 12.8. The van der Waals surface area contributed by atoms with Gasteiger partial charge in [0, 0.05) is 19.0 Å². The predicted octanol–water partition coefficient (Wildman–Crippen LogP) is 2.72. The Labute approximate surface area is 129 Å². The van der Waals surface area contributed by atoms with Gasteiger partial charge in [0.2, 0.25) is 5.91 Å². The van der Waals surface area contributed by atoms with Crippen LogP contribution < -0.4 is 0 Å². The largest absolute Gasteiger partial charge is 0.481 e. The van der Waals surface area contributed by atoms with E-state index in [0.717, 1.165) is 6.42 Å². The summed E-state index contributed by atoms with van der Waals surface area (Å²) in [6.07, 6.45) is 2.43. The van der Waals surface area contributed by atoms with Crippen molar-refractivity contribution in [3.63, 3.8) is 0 Å². The van der Waals surface area contributed by atoms with E-state index in [1.165, 1.54) is 6.07 Å². The van der Waals surface area contributed by atoms with E-state index < -0.39 is 11.9 Å². The van der Waals surface area contributed by atoms with Gasteiger partial charge in [-0.05, 0) is 37.3 Å². The minimum Gasteiger partial charge on any atom is -0.481 e. The number of carboxylic acids is 1. The Hall–Kier alpha value is -1.91. The summed E-state index contributed by atoms with van der Waals surface area (Å²) < 4.78 is 13.6. The molecule has 1 aliphatic rings. The summed E-state index contributed by atoms with van der Waals surface area (Å²) in [5.74, 6) is -1.80. The summed E-state index contributed by atoms with van der Waals surface area (Å²) in [7, 11) is 0. The Kier molecular flexibility index (Phi) is 5.52. The van der Waals surface area contributed by atoms with Crippen molar-refractivity contribution in [2.75, 3.05) is 13.1 Å². The van der Waals surface area contributed by atoms with Gasteiger partial charge in [-0.15, -0.1) is 0 Å². The molecule has 2 unspecified atom stereocenters. The zero-order valence-electron chi connectivity index (χ0n) is 12.8. The number of piperidine rings is 1. The van der Waals surface area contributed by atoms with Gasteiger partial charge >= 0.3 is 5.97 Å². The molecular weight excluding hydrogens is 285 g/mol. The van der Waals surface area contributed by atoms with Crippen LogP contribution in [0.15, 0.2) is 24.3 Å². The molecule has 1 aliphatic heterocycles. The summed E-state index contributed by atoms with van der Waals surface area (Å²) in [6.45, 7) is 2.73. The first-order valence-corrected chi connectivity index (χ1v) is 7.74. The lowest BCUT2D eigenvalue weighted by Crippen LogP contribution is -2.44. The van der Waals surface area contributed by atoms with E-state index in [1.54, 1.807) is 23.1 Å². The van der Waals surface area contributed by atoms with E-state index in [1.807, 2.05) is 6.92 Å². The van der Waals surface area contributed by atoms with Gasteiger partial charge in [-0.1, -0.05) is 25.1 Å². The molecule has 0 radical (unpaired) electrons. The molecule has 0 aromatic heterocycles. The topological polar surface area (TPSA) is 57.6 Å². The molecule has 1 fully saturated rings. The molecule has 1 aromatic rings. The Morgan fingerprint density at radius 1 is 1.41 bits per heavy atom. The lowest BCUT2D eigenvalue weighted by atomic mass is 9.95. The number of carboxylic acid groups (broad SMARTS) is 1. The van der Waals surface area contributed by atoms with Crippen molar-refractivity contribution in [1.82, 2.24) is 4.90 Å². The number of amides is 1. The predicted molar refractivity (Wildman–Crippen MR) is 80.8 cm³/mol. The van der Waals surface area contributed by atoms with Crippen LogP contribution in [0.5, 0.6) is 0 Å². The van der Waals surface area contributed by atoms with Crippen LogP contribution in [-0.2, 0) is 16.0 Å². The molecule has 2 atom stereocenters. The average Bonchev–Trinajstić information content (AvgIpc) is 2.53. The van der Waals surface area contributed by atoms with E-state index in [2.05, 4.69) is 0 Å². The van der Waals surface area contributed by atoms with Crippen molar-refractivity contribution in [1.29, 1.82) is 0 Å². The highest BCUT2D eigenvalue weighted by Gasteiger charge is 2.30. The molecule has 0 spiro atoms. The monoisotopic (exact) mass is 307 g/mol. The fraction of sp³-hybridized carbons (Fsp3) is 0.529. The van der Waals surface area contributed by atoms with Gasteiger partial charge < -0.3 is 10.0 Å². The number of likely N-dealkylation sites (tertiary alicyclic amines) is 1. The van der Waals surface area contributed by atoms with Crippen molar-refractivity contribution >= 4 is 11.9 Å². The second kappa shape index (κ2) is 7.38. The molecule has 0 aliphatic carbocycles. The van der Waals surface area contributed by atoms with Crippen LogP contribution in [0.1, 0.15) is 31.7 Å². The van der Waals surface area contributed by atoms with E-state index in [-0.39, 0.29) is 24.2 Å². The number of nitrogens with zero attached hydrogens (tertiary/aromatic N) is 1. The first-order valence-electron chi connectivity index (χ1n) is 7.74. The lowest BCUT2D eigenvalue weighted by Gasteiger charge is -2.32. The van der Waals surface area contributed by atoms with Crippen LogP contribution in [-0.4, -0.2) is 35.0 Å². The molecule has 1 saturated heterocycles. The molecule has 22 heavy (non-hydrogen) atoms. The molecule has 1 N–H and O–H groups in total. The Morgan fingerprint density at radius 3 is 2.82 bits per heavy atom. The maximum absolute atomic E-state index is 13.6. The summed E-state index contributed by atoms with van der Waals surface area (Å²) in [5, 5.41) is 9.08. The number of aliphatic carboxylic acids is 1. The van der Waals surface area contributed by atoms with Crippen molar-refractivity contribution in [2.24, 2.45) is 11.8 Å². The van der Waals surface area contributed by atoms with Crippen molar-refractivity contribution in [3.8, 4) is 0 Å². The molecule has 1 amide bonds. The molecule has 1 heterocycles. The van der Waals surface area contributed by atoms with E-state index in [9.17, 15) is 14.0 Å². The van der Waals surface area contributed by atoms with Gasteiger partial charge in [-0.2, -0.15) is 0 Å². The maximum Gasteiger partial charge on any atom is 0.308 e. The Balaban J connectivity index is 1.89. The second-order valence-corrected chi connectivity index (χ2v) is 5.99. The van der Waals surface area contributed by atoms with Crippen LogP contribution in [0.2, 0.25) is 0 Å². The summed E-state index contributed by atoms with van der Waals surface area (Å²) in [5.41, 5.74) is 0.615. The van der Waals surface area contributed by atoms with Gasteiger partial charge in [0.25, 0.3) is 0 Å². The number of aryl methyl sites for hydroxylation is 1. The third-order valence-corrected chi connectivity index (χ3v) is 4.31. The van der Waals surface area contributed by atoms with Crippen LogP contribution in [0, 0.1) is 17.7 Å². The highest BCUT2D eigenvalue weighted by molar-refractivity contribution is 5.79.